The lowest BCUT2D eigenvalue weighted by atomic mass is 9.93. The summed E-state index contributed by atoms with van der Waals surface area (Å²) in [6, 6.07) is 0. The summed E-state index contributed by atoms with van der Waals surface area (Å²) in [5.74, 6) is -72.2. The zero-order valence-electron chi connectivity index (χ0n) is 59.9. The van der Waals surface area contributed by atoms with Gasteiger partial charge in [0.15, 0.2) is 94.2 Å². The van der Waals surface area contributed by atoms with Crippen LogP contribution in [0.4, 0.5) is 113 Å². The number of hydrogen-bond acceptors (Lipinski definition) is 18. The minimum Gasteiger partial charge on any atom is -0.458 e. The third-order valence-corrected chi connectivity index (χ3v) is 16.4. The Labute approximate surface area is 625 Å². The van der Waals surface area contributed by atoms with Gasteiger partial charge >= 0.3 is 35.8 Å². The molecule has 30 nitrogen and oxygen atoms in total. The smallest absolute Gasteiger partial charge is 0.342 e. The maximum Gasteiger partial charge on any atom is 0.342 e. The molecule has 0 heterocycles. The van der Waals surface area contributed by atoms with E-state index in [2.05, 4.69) is 60.2 Å². The normalized spacial score (nSPS) is 12.2. The maximum atomic E-state index is 17.1. The van der Waals surface area contributed by atoms with Gasteiger partial charge in [0.1, 0.15) is 116 Å². The summed E-state index contributed by atoms with van der Waals surface area (Å²) in [5, 5.41) is 16.2. The van der Waals surface area contributed by atoms with E-state index >= 15 is 98.2 Å². The first-order valence-electron chi connectivity index (χ1n) is 32.1. The van der Waals surface area contributed by atoms with Crippen molar-refractivity contribution in [3.8, 4) is 0 Å². The van der Waals surface area contributed by atoms with E-state index in [9.17, 15) is 31.7 Å². The Bertz CT molecular complexity index is 5040. The highest BCUT2D eigenvalue weighted by Crippen LogP contribution is 2.44. The van der Waals surface area contributed by atoms with Gasteiger partial charge in [-0.05, 0) is 68.7 Å². The second-order valence-corrected chi connectivity index (χ2v) is 25.4. The van der Waals surface area contributed by atoms with E-state index in [0.717, 1.165) is 83.1 Å². The summed E-state index contributed by atoms with van der Waals surface area (Å²) < 4.78 is 330. The second kappa shape index (κ2) is 36.7. The van der Waals surface area contributed by atoms with E-state index in [1.807, 2.05) is 0 Å². The van der Waals surface area contributed by atoms with E-state index in [4.69, 9.17) is 39.5 Å². The number of carbonyl (C=O) groups is 6. The van der Waals surface area contributed by atoms with Crippen LogP contribution in [0.15, 0.2) is 30.7 Å². The van der Waals surface area contributed by atoms with Crippen molar-refractivity contribution in [1.82, 2.24) is 0 Å². The molecule has 6 rings (SSSR count). The fraction of sp³-hybridized carbons (Fsp3) is 0.364. The van der Waals surface area contributed by atoms with Crippen molar-refractivity contribution < 1.29 is 136 Å². The third-order valence-electron chi connectivity index (χ3n) is 16.4. The van der Waals surface area contributed by atoms with Crippen molar-refractivity contribution in [2.45, 2.75) is 143 Å². The van der Waals surface area contributed by atoms with Gasteiger partial charge in [-0.1, -0.05) is 114 Å². The number of rotatable bonds is 29. The Morgan fingerprint density at radius 3 is 0.544 bits per heavy atom. The summed E-state index contributed by atoms with van der Waals surface area (Å²) in [4.78, 5) is 104. The minimum atomic E-state index is -4.14. The van der Waals surface area contributed by atoms with Crippen LogP contribution in [0.2, 0.25) is 0 Å². The Kier molecular flexibility index (Phi) is 28.9. The third kappa shape index (κ3) is 17.1. The first-order chi connectivity index (χ1) is 53.4. The molecule has 4 unspecified atom stereocenters. The Morgan fingerprint density at radius 2 is 0.395 bits per heavy atom. The number of esters is 6. The minimum absolute atomic E-state index is 0.821. The number of hydrogen-bond donors (Lipinski definition) is 0. The van der Waals surface area contributed by atoms with Crippen LogP contribution in [0.5, 0.6) is 0 Å². The SMILES string of the molecule is CC(C)c1c(F)c(N=[N+]=[N-])c(F)c(F)c1C(=O)OCC(OC(=O)c1c(F)c(F)c(N=[N+]=[N-])c(F)c1C(C)C)C(OC(=O)c1c(F)c(F)c(N=[N+]=[N-])c(F)c1C(C)C)C(OC(=O)c1c(F)c(F)c(N=[N+]=[N-])c(F)c1C(C)C)C(COC(=O)c1c(F)c(F)c(N=[N+]=[N-])c(F)c1C(C)C)OC(=O)c1c(F)c(F)c(N=[N+]=[N-])c(F)c1C(C)C. The zero-order valence-corrected chi connectivity index (χ0v) is 59.9. The summed E-state index contributed by atoms with van der Waals surface area (Å²) in [6.45, 7) is 5.20. The molecule has 48 heteroatoms. The molecule has 4 atom stereocenters. The standard InChI is InChI=1S/C66H50F18N18O12/c1-15(2)23-29(35(67)47(79)53(41(23)73)91-97-85)61(103)109-13-21(111-63(105)31-25(17(5)6)43(75)55(93-99-87)49(81)37(31)69)59(113-65(107)33-27(19(9)10)45(77)57(95-101-89)51(83)39(33)71)60(114-66(108)34-28(20(11)12)46(78)58(96-102-90)52(84)40(34)72)22(112-64(106)32-26(18(7)8)44(76)56(94-100-88)50(82)38(32)70)14-110-62(104)30-24(16(3)4)42(74)54(92-98-86)48(80)36(30)68/h15-22,59-60H,13-14H2,1-12H3. The van der Waals surface area contributed by atoms with Gasteiger partial charge in [0.2, 0.25) is 0 Å². The van der Waals surface area contributed by atoms with Crippen LogP contribution in [0, 0.1) is 105 Å². The monoisotopic (exact) mass is 1630 g/mol. The summed E-state index contributed by atoms with van der Waals surface area (Å²) in [7, 11) is 0. The van der Waals surface area contributed by atoms with Gasteiger partial charge in [-0.3, -0.25) is 0 Å². The zero-order chi connectivity index (χ0) is 86.2. The van der Waals surface area contributed by atoms with E-state index in [1.54, 1.807) is 0 Å². The van der Waals surface area contributed by atoms with Crippen LogP contribution in [0.25, 0.3) is 62.7 Å². The Balaban J connectivity index is 1.99. The maximum absolute atomic E-state index is 17.1. The van der Waals surface area contributed by atoms with Gasteiger partial charge in [0.25, 0.3) is 0 Å². The lowest BCUT2D eigenvalue weighted by Crippen LogP contribution is -2.55. The molecule has 0 aromatic heterocycles. The highest BCUT2D eigenvalue weighted by Gasteiger charge is 2.50. The molecular weight excluding hydrogens is 1580 g/mol. The van der Waals surface area contributed by atoms with Gasteiger partial charge in [-0.25, -0.2) is 108 Å². The number of ether oxygens (including phenoxy) is 6. The van der Waals surface area contributed by atoms with E-state index in [0.29, 0.717) is 0 Å². The first kappa shape index (κ1) is 89.6. The number of benzene rings is 6. The molecule has 6 aromatic rings. The fourth-order valence-electron chi connectivity index (χ4n) is 11.6. The number of azide groups is 6. The van der Waals surface area contributed by atoms with Crippen molar-refractivity contribution >= 4 is 69.9 Å². The molecule has 0 radical (unpaired) electrons. The largest absolute Gasteiger partial charge is 0.458 e. The van der Waals surface area contributed by atoms with Gasteiger partial charge in [0.05, 0.1) is 0 Å². The lowest BCUT2D eigenvalue weighted by molar-refractivity contribution is -0.139. The number of halogens is 18. The molecule has 0 N–H and O–H groups in total. The molecule has 0 aliphatic rings. The summed E-state index contributed by atoms with van der Waals surface area (Å²) in [6.07, 6.45) is -16.1. The van der Waals surface area contributed by atoms with Crippen LogP contribution < -0.4 is 0 Å². The van der Waals surface area contributed by atoms with Gasteiger partial charge in [-0.2, -0.15) is 0 Å². The lowest BCUT2D eigenvalue weighted by Gasteiger charge is -2.36. The predicted octanol–water partition coefficient (Wildman–Crippen LogP) is 22.5. The van der Waals surface area contributed by atoms with Crippen molar-refractivity contribution in [2.24, 2.45) is 30.7 Å². The fourth-order valence-corrected chi connectivity index (χ4v) is 11.6. The molecule has 0 aliphatic carbocycles. The van der Waals surface area contributed by atoms with Gasteiger partial charge in [-0.15, -0.1) is 0 Å². The van der Waals surface area contributed by atoms with Crippen LogP contribution in [0.1, 0.15) is 214 Å². The molecule has 6 aromatic carbocycles. The van der Waals surface area contributed by atoms with Crippen molar-refractivity contribution in [3.05, 3.63) is 234 Å². The molecule has 602 valence electrons. The average Bonchev–Trinajstić information content (AvgIpc) is 0.770. The van der Waals surface area contributed by atoms with E-state index in [1.165, 1.54) is 0 Å². The molecule has 0 spiro atoms. The molecule has 0 aliphatic heterocycles. The second-order valence-electron chi connectivity index (χ2n) is 25.4. The van der Waals surface area contributed by atoms with Gasteiger partial charge in [0, 0.05) is 62.9 Å². The van der Waals surface area contributed by atoms with Crippen LogP contribution in [0.3, 0.4) is 0 Å². The van der Waals surface area contributed by atoms with E-state index < -0.39 is 315 Å². The number of nitrogens with zero attached hydrogens (tertiary/aromatic N) is 18. The Morgan fingerprint density at radius 1 is 0.246 bits per heavy atom. The summed E-state index contributed by atoms with van der Waals surface area (Å²) >= 11 is 0. The molecule has 0 saturated heterocycles. The highest BCUT2D eigenvalue weighted by atomic mass is 19.2. The predicted molar refractivity (Wildman–Crippen MR) is 353 cm³/mol. The summed E-state index contributed by atoms with van der Waals surface area (Å²) in [5.41, 5.74) is 22.3. The van der Waals surface area contributed by atoms with Crippen molar-refractivity contribution in [3.63, 3.8) is 0 Å². The molecular formula is C66H50F18N18O12. The van der Waals surface area contributed by atoms with Crippen LogP contribution >= 0.6 is 0 Å². The molecule has 0 saturated carbocycles. The quantitative estimate of drug-likeness (QED) is 0.00804. The topological polar surface area (TPSA) is 450 Å². The highest BCUT2D eigenvalue weighted by molar-refractivity contribution is 5.97. The molecule has 0 fully saturated rings. The van der Waals surface area contributed by atoms with Crippen LogP contribution in [-0.2, 0) is 28.4 Å². The van der Waals surface area contributed by atoms with Crippen molar-refractivity contribution in [2.75, 3.05) is 13.2 Å². The molecule has 0 amide bonds. The average molecular weight is 1630 g/mol. The first-order valence-corrected chi connectivity index (χ1v) is 32.1. The van der Waals surface area contributed by atoms with Gasteiger partial charge < -0.3 is 28.4 Å². The Hall–Kier alpha value is -13.3. The molecule has 114 heavy (non-hydrogen) atoms. The van der Waals surface area contributed by atoms with Crippen LogP contribution in [-0.4, -0.2) is 73.4 Å². The van der Waals surface area contributed by atoms with Crippen molar-refractivity contribution in [1.29, 1.82) is 0 Å². The molecule has 0 bridgehead atoms. The van der Waals surface area contributed by atoms with E-state index in [-0.39, 0.29) is 0 Å². The number of carbonyl (C=O) groups excluding carboxylic acids is 6.